The summed E-state index contributed by atoms with van der Waals surface area (Å²) in [6.07, 6.45) is -1.20. The lowest BCUT2D eigenvalue weighted by atomic mass is 10.2. The number of anilines is 3. The molecule has 0 radical (unpaired) electrons. The number of alkyl halides is 3. The van der Waals surface area contributed by atoms with E-state index in [9.17, 15) is 13.2 Å². The number of halogens is 4. The van der Waals surface area contributed by atoms with E-state index in [0.717, 1.165) is 18.3 Å². The van der Waals surface area contributed by atoms with Crippen LogP contribution in [0.1, 0.15) is 12.5 Å². The summed E-state index contributed by atoms with van der Waals surface area (Å²) >= 11 is 2.91. The van der Waals surface area contributed by atoms with E-state index in [1.54, 1.807) is 24.5 Å². The monoisotopic (exact) mass is 359 g/mol. The Morgan fingerprint density at radius 3 is 2.48 bits per heavy atom. The standard InChI is InChI=1S/C14H13BrF3N3/c1-2-20-10-5-11(8-19-7-10)21-9-3-4-13(15)12(6-9)14(16,17)18/h3-8,20-21H,2H2,1H3. The highest BCUT2D eigenvalue weighted by atomic mass is 79.9. The van der Waals surface area contributed by atoms with Gasteiger partial charge in [0.15, 0.2) is 0 Å². The fourth-order valence-corrected chi connectivity index (χ4v) is 2.27. The lowest BCUT2D eigenvalue weighted by molar-refractivity contribution is -0.138. The molecule has 0 spiro atoms. The number of rotatable bonds is 4. The van der Waals surface area contributed by atoms with E-state index in [1.807, 2.05) is 6.92 Å². The third kappa shape index (κ3) is 4.10. The average molecular weight is 360 g/mol. The van der Waals surface area contributed by atoms with Crippen LogP contribution in [0.3, 0.4) is 0 Å². The SMILES string of the molecule is CCNc1cncc(Nc2ccc(Br)c(C(F)(F)F)c2)c1. The minimum Gasteiger partial charge on any atom is -0.384 e. The van der Waals surface area contributed by atoms with Gasteiger partial charge in [0.25, 0.3) is 0 Å². The van der Waals surface area contributed by atoms with E-state index in [0.29, 0.717) is 11.4 Å². The van der Waals surface area contributed by atoms with Crippen LogP contribution in [0.25, 0.3) is 0 Å². The zero-order chi connectivity index (χ0) is 15.5. The molecule has 7 heteroatoms. The molecule has 0 atom stereocenters. The Morgan fingerprint density at radius 2 is 1.81 bits per heavy atom. The van der Waals surface area contributed by atoms with Crippen LogP contribution in [0, 0.1) is 0 Å². The molecule has 112 valence electrons. The van der Waals surface area contributed by atoms with Crippen LogP contribution in [0.5, 0.6) is 0 Å². The van der Waals surface area contributed by atoms with Crippen molar-refractivity contribution in [2.24, 2.45) is 0 Å². The molecule has 2 aromatic rings. The van der Waals surface area contributed by atoms with Crippen LogP contribution in [-0.4, -0.2) is 11.5 Å². The third-order valence-corrected chi connectivity index (χ3v) is 3.37. The van der Waals surface area contributed by atoms with Gasteiger partial charge in [0.2, 0.25) is 0 Å². The Hall–Kier alpha value is -1.76. The van der Waals surface area contributed by atoms with Crippen molar-refractivity contribution in [1.82, 2.24) is 4.98 Å². The molecule has 1 aromatic carbocycles. The highest BCUT2D eigenvalue weighted by molar-refractivity contribution is 9.10. The van der Waals surface area contributed by atoms with Crippen LogP contribution in [0.15, 0.2) is 41.1 Å². The maximum absolute atomic E-state index is 12.9. The third-order valence-electron chi connectivity index (χ3n) is 2.68. The molecule has 2 N–H and O–H groups in total. The van der Waals surface area contributed by atoms with Gasteiger partial charge in [-0.3, -0.25) is 4.98 Å². The Bertz CT molecular complexity index is 629. The van der Waals surface area contributed by atoms with E-state index < -0.39 is 11.7 Å². The smallest absolute Gasteiger partial charge is 0.384 e. The maximum atomic E-state index is 12.9. The largest absolute Gasteiger partial charge is 0.417 e. The van der Waals surface area contributed by atoms with E-state index in [-0.39, 0.29) is 4.47 Å². The molecule has 0 aliphatic rings. The number of pyridine rings is 1. The second-order valence-corrected chi connectivity index (χ2v) is 5.16. The van der Waals surface area contributed by atoms with Gasteiger partial charge < -0.3 is 10.6 Å². The van der Waals surface area contributed by atoms with Crippen LogP contribution in [-0.2, 0) is 6.18 Å². The zero-order valence-electron chi connectivity index (χ0n) is 11.1. The summed E-state index contributed by atoms with van der Waals surface area (Å²) in [7, 11) is 0. The Balaban J connectivity index is 2.26. The van der Waals surface area contributed by atoms with Crippen molar-refractivity contribution in [2.45, 2.75) is 13.1 Å². The topological polar surface area (TPSA) is 37.0 Å². The van der Waals surface area contributed by atoms with Crippen molar-refractivity contribution in [3.05, 3.63) is 46.7 Å². The first kappa shape index (κ1) is 15.6. The molecule has 0 bridgehead atoms. The van der Waals surface area contributed by atoms with Crippen molar-refractivity contribution in [3.8, 4) is 0 Å². The second kappa shape index (κ2) is 6.34. The van der Waals surface area contributed by atoms with Crippen molar-refractivity contribution in [1.29, 1.82) is 0 Å². The summed E-state index contributed by atoms with van der Waals surface area (Å²) in [4.78, 5) is 4.03. The van der Waals surface area contributed by atoms with Gasteiger partial charge in [-0.15, -0.1) is 0 Å². The molecular weight excluding hydrogens is 347 g/mol. The molecule has 1 heterocycles. The summed E-state index contributed by atoms with van der Waals surface area (Å²) < 4.78 is 38.6. The quantitative estimate of drug-likeness (QED) is 0.802. The maximum Gasteiger partial charge on any atom is 0.417 e. The fourth-order valence-electron chi connectivity index (χ4n) is 1.80. The van der Waals surface area contributed by atoms with Crippen LogP contribution < -0.4 is 10.6 Å². The predicted molar refractivity (Wildman–Crippen MR) is 80.8 cm³/mol. The molecule has 0 fully saturated rings. The molecular formula is C14H13BrF3N3. The normalized spacial score (nSPS) is 11.3. The highest BCUT2D eigenvalue weighted by Crippen LogP contribution is 2.36. The summed E-state index contributed by atoms with van der Waals surface area (Å²) in [6.45, 7) is 2.69. The molecule has 0 aliphatic heterocycles. The molecule has 2 rings (SSSR count). The van der Waals surface area contributed by atoms with Gasteiger partial charge in [0.1, 0.15) is 0 Å². The van der Waals surface area contributed by atoms with Gasteiger partial charge in [-0.05, 0) is 31.2 Å². The fraction of sp³-hybridized carbons (Fsp3) is 0.214. The second-order valence-electron chi connectivity index (χ2n) is 4.31. The van der Waals surface area contributed by atoms with E-state index in [4.69, 9.17) is 0 Å². The van der Waals surface area contributed by atoms with Gasteiger partial charge >= 0.3 is 6.18 Å². The average Bonchev–Trinajstić information content (AvgIpc) is 2.40. The highest BCUT2D eigenvalue weighted by Gasteiger charge is 2.33. The number of hydrogen-bond donors (Lipinski definition) is 2. The summed E-state index contributed by atoms with van der Waals surface area (Å²) in [5.74, 6) is 0. The lowest BCUT2D eigenvalue weighted by Gasteiger charge is -2.13. The van der Waals surface area contributed by atoms with E-state index in [1.165, 1.54) is 6.07 Å². The first-order valence-corrected chi connectivity index (χ1v) is 7.02. The molecule has 0 saturated heterocycles. The molecule has 0 saturated carbocycles. The Kier molecular flexibility index (Phi) is 4.72. The molecule has 3 nitrogen and oxygen atoms in total. The predicted octanol–water partition coefficient (Wildman–Crippen LogP) is 5.04. The lowest BCUT2D eigenvalue weighted by Crippen LogP contribution is -2.06. The number of benzene rings is 1. The molecule has 0 unspecified atom stereocenters. The van der Waals surface area contributed by atoms with Crippen LogP contribution in [0.2, 0.25) is 0 Å². The van der Waals surface area contributed by atoms with Crippen LogP contribution in [0.4, 0.5) is 30.2 Å². The first-order valence-electron chi connectivity index (χ1n) is 6.23. The van der Waals surface area contributed by atoms with Gasteiger partial charge in [-0.1, -0.05) is 15.9 Å². The van der Waals surface area contributed by atoms with E-state index in [2.05, 4.69) is 31.5 Å². The summed E-state index contributed by atoms with van der Waals surface area (Å²) in [5.41, 5.74) is 1.05. The van der Waals surface area contributed by atoms with Crippen LogP contribution >= 0.6 is 15.9 Å². The summed E-state index contributed by atoms with van der Waals surface area (Å²) in [6, 6.07) is 5.78. The molecule has 0 aliphatic carbocycles. The van der Waals surface area contributed by atoms with Gasteiger partial charge in [0.05, 0.1) is 29.3 Å². The van der Waals surface area contributed by atoms with Gasteiger partial charge in [-0.2, -0.15) is 13.2 Å². The van der Waals surface area contributed by atoms with Crippen molar-refractivity contribution < 1.29 is 13.2 Å². The minimum absolute atomic E-state index is 0.0140. The van der Waals surface area contributed by atoms with Crippen molar-refractivity contribution in [3.63, 3.8) is 0 Å². The number of nitrogens with zero attached hydrogens (tertiary/aromatic N) is 1. The Morgan fingerprint density at radius 1 is 1.10 bits per heavy atom. The van der Waals surface area contributed by atoms with Crippen molar-refractivity contribution >= 4 is 33.0 Å². The number of aromatic nitrogens is 1. The van der Waals surface area contributed by atoms with E-state index >= 15 is 0 Å². The number of nitrogens with one attached hydrogen (secondary N) is 2. The van der Waals surface area contributed by atoms with Gasteiger partial charge in [-0.25, -0.2) is 0 Å². The molecule has 21 heavy (non-hydrogen) atoms. The Labute approximate surface area is 128 Å². The zero-order valence-corrected chi connectivity index (χ0v) is 12.7. The summed E-state index contributed by atoms with van der Waals surface area (Å²) in [5, 5.41) is 6.01. The molecule has 1 aromatic heterocycles. The molecule has 0 amide bonds. The number of hydrogen-bond acceptors (Lipinski definition) is 3. The minimum atomic E-state index is -4.40. The van der Waals surface area contributed by atoms with Crippen molar-refractivity contribution in [2.75, 3.05) is 17.2 Å². The van der Waals surface area contributed by atoms with Gasteiger partial charge in [0, 0.05) is 16.7 Å². The first-order chi connectivity index (χ1) is 9.90.